The Hall–Kier alpha value is -1.58. The van der Waals surface area contributed by atoms with Gasteiger partial charge in [-0.2, -0.15) is 5.10 Å². The molecule has 1 aliphatic heterocycles. The average molecular weight is 276 g/mol. The summed E-state index contributed by atoms with van der Waals surface area (Å²) in [5, 5.41) is 4.02. The minimum absolute atomic E-state index is 0.353. The molecule has 0 aromatic carbocycles. The summed E-state index contributed by atoms with van der Waals surface area (Å²) in [6, 6.07) is 0. The van der Waals surface area contributed by atoms with Crippen LogP contribution < -0.4 is 0 Å². The van der Waals surface area contributed by atoms with Gasteiger partial charge in [0.1, 0.15) is 12.3 Å². The van der Waals surface area contributed by atoms with Crippen LogP contribution in [0, 0.1) is 12.3 Å². The first-order valence-electron chi connectivity index (χ1n) is 6.44. The molecule has 0 saturated carbocycles. The van der Waals surface area contributed by atoms with Gasteiger partial charge in [0, 0.05) is 11.8 Å². The Balaban J connectivity index is 2.14. The molecule has 0 bridgehead atoms. The van der Waals surface area contributed by atoms with Gasteiger partial charge in [0.2, 0.25) is 0 Å². The second kappa shape index (κ2) is 5.08. The molecule has 1 aliphatic rings. The van der Waals surface area contributed by atoms with Crippen molar-refractivity contribution in [2.75, 3.05) is 0 Å². The molecule has 0 spiro atoms. The maximum Gasteiger partial charge on any atom is 0.525 e. The molecule has 2 heterocycles. The molecule has 20 heavy (non-hydrogen) atoms. The summed E-state index contributed by atoms with van der Waals surface area (Å²) in [5.41, 5.74) is -0.983. The lowest BCUT2D eigenvalue weighted by Gasteiger charge is -2.32. The quantitative estimate of drug-likeness (QED) is 0.628. The third-order valence-electron chi connectivity index (χ3n) is 3.69. The van der Waals surface area contributed by atoms with Crippen molar-refractivity contribution < 1.29 is 13.7 Å². The summed E-state index contributed by atoms with van der Waals surface area (Å²) in [6.45, 7) is 7.87. The number of nitrogens with zero attached hydrogens (tertiary/aromatic N) is 2. The Kier molecular flexibility index (Phi) is 3.76. The highest BCUT2D eigenvalue weighted by molar-refractivity contribution is 6.54. The molecule has 0 amide bonds. The van der Waals surface area contributed by atoms with E-state index in [2.05, 4.69) is 11.0 Å². The van der Waals surface area contributed by atoms with Gasteiger partial charge in [-0.05, 0) is 33.8 Å². The van der Waals surface area contributed by atoms with Crippen LogP contribution in [0.5, 0.6) is 0 Å². The zero-order chi connectivity index (χ0) is 15.0. The molecule has 1 aromatic rings. The Labute approximate surface area is 119 Å². The lowest BCUT2D eigenvalue weighted by molar-refractivity contribution is 0.00578. The SMILES string of the molecule is C#CCn1cc(C=C(F)B2OC(C)(C)C(C)(C)O2)cn1. The Morgan fingerprint density at radius 1 is 1.45 bits per heavy atom. The fourth-order valence-corrected chi connectivity index (χ4v) is 1.82. The van der Waals surface area contributed by atoms with E-state index in [-0.39, 0.29) is 0 Å². The normalized spacial score (nSPS) is 21.0. The third kappa shape index (κ3) is 2.79. The maximum absolute atomic E-state index is 14.2. The van der Waals surface area contributed by atoms with Crippen LogP contribution in [0.25, 0.3) is 6.08 Å². The van der Waals surface area contributed by atoms with Gasteiger partial charge in [-0.25, -0.2) is 4.39 Å². The fraction of sp³-hybridized carbons (Fsp3) is 0.500. The predicted octanol–water partition coefficient (Wildman–Crippen LogP) is 2.46. The van der Waals surface area contributed by atoms with Crippen LogP contribution in [-0.2, 0) is 15.9 Å². The van der Waals surface area contributed by atoms with Gasteiger partial charge >= 0.3 is 7.12 Å². The number of halogens is 1. The molecule has 1 saturated heterocycles. The second-order valence-electron chi connectivity index (χ2n) is 5.79. The van der Waals surface area contributed by atoms with Crippen LogP contribution in [0.4, 0.5) is 4.39 Å². The van der Waals surface area contributed by atoms with E-state index in [0.29, 0.717) is 12.1 Å². The molecule has 106 valence electrons. The third-order valence-corrected chi connectivity index (χ3v) is 3.69. The van der Waals surface area contributed by atoms with Gasteiger partial charge in [0.25, 0.3) is 0 Å². The number of terminal acetylenes is 1. The summed E-state index contributed by atoms with van der Waals surface area (Å²) < 4.78 is 27.0. The lowest BCUT2D eigenvalue weighted by atomic mass is 9.87. The predicted molar refractivity (Wildman–Crippen MR) is 76.2 cm³/mol. The highest BCUT2D eigenvalue weighted by Gasteiger charge is 2.53. The van der Waals surface area contributed by atoms with Gasteiger partial charge in [-0.3, -0.25) is 4.68 Å². The van der Waals surface area contributed by atoms with E-state index >= 15 is 0 Å². The first kappa shape index (κ1) is 14.8. The van der Waals surface area contributed by atoms with Crippen LogP contribution in [0.3, 0.4) is 0 Å². The van der Waals surface area contributed by atoms with Gasteiger partial charge in [-0.15, -0.1) is 6.42 Å². The minimum Gasteiger partial charge on any atom is -0.398 e. The topological polar surface area (TPSA) is 36.3 Å². The van der Waals surface area contributed by atoms with Crippen LogP contribution >= 0.6 is 0 Å². The molecular weight excluding hydrogens is 258 g/mol. The van der Waals surface area contributed by atoms with Crippen molar-refractivity contribution in [3.8, 4) is 12.3 Å². The van der Waals surface area contributed by atoms with Gasteiger partial charge in [0.05, 0.1) is 17.4 Å². The van der Waals surface area contributed by atoms with Gasteiger partial charge in [0.15, 0.2) is 0 Å². The van der Waals surface area contributed by atoms with Crippen molar-refractivity contribution in [2.24, 2.45) is 0 Å². The smallest absolute Gasteiger partial charge is 0.398 e. The van der Waals surface area contributed by atoms with Crippen molar-refractivity contribution in [3.63, 3.8) is 0 Å². The monoisotopic (exact) mass is 276 g/mol. The molecule has 1 aromatic heterocycles. The molecule has 6 heteroatoms. The highest BCUT2D eigenvalue weighted by Crippen LogP contribution is 2.38. The molecule has 2 rings (SSSR count). The fourth-order valence-electron chi connectivity index (χ4n) is 1.82. The molecule has 0 aliphatic carbocycles. The highest BCUT2D eigenvalue weighted by atomic mass is 19.1. The molecule has 0 unspecified atom stereocenters. The lowest BCUT2D eigenvalue weighted by Crippen LogP contribution is -2.41. The van der Waals surface area contributed by atoms with Crippen LogP contribution in [0.1, 0.15) is 33.3 Å². The maximum atomic E-state index is 14.2. The van der Waals surface area contributed by atoms with Crippen LogP contribution in [-0.4, -0.2) is 28.1 Å². The van der Waals surface area contributed by atoms with E-state index in [4.69, 9.17) is 15.7 Å². The standard InChI is InChI=1S/C14H18BFN2O2/c1-6-7-18-10-11(9-17-18)8-12(16)15-19-13(2,3)14(4,5)20-15/h1,8-10H,7H2,2-5H3. The zero-order valence-electron chi connectivity index (χ0n) is 12.2. The van der Waals surface area contributed by atoms with E-state index in [9.17, 15) is 4.39 Å². The van der Waals surface area contributed by atoms with Crippen molar-refractivity contribution in [2.45, 2.75) is 45.4 Å². The first-order valence-corrected chi connectivity index (χ1v) is 6.44. The van der Waals surface area contributed by atoms with Crippen molar-refractivity contribution in [1.82, 2.24) is 9.78 Å². The van der Waals surface area contributed by atoms with Crippen LogP contribution in [0.15, 0.2) is 18.1 Å². The number of hydrogen-bond acceptors (Lipinski definition) is 3. The van der Waals surface area contributed by atoms with Crippen molar-refractivity contribution >= 4 is 13.2 Å². The number of rotatable bonds is 3. The van der Waals surface area contributed by atoms with E-state index in [1.807, 2.05) is 27.7 Å². The molecule has 1 fully saturated rings. The summed E-state index contributed by atoms with van der Waals surface area (Å²) in [7, 11) is -0.990. The Bertz CT molecular complexity index is 556. The first-order chi connectivity index (χ1) is 9.25. The summed E-state index contributed by atoms with van der Waals surface area (Å²) >= 11 is 0. The van der Waals surface area contributed by atoms with E-state index < -0.39 is 24.0 Å². The molecular formula is C14H18BFN2O2. The second-order valence-corrected chi connectivity index (χ2v) is 5.79. The van der Waals surface area contributed by atoms with E-state index in [1.54, 1.807) is 17.1 Å². The molecule has 0 atom stereocenters. The van der Waals surface area contributed by atoms with Crippen molar-refractivity contribution in [1.29, 1.82) is 0 Å². The number of hydrogen-bond donors (Lipinski definition) is 0. The molecule has 0 radical (unpaired) electrons. The Morgan fingerprint density at radius 3 is 2.60 bits per heavy atom. The van der Waals surface area contributed by atoms with E-state index in [0.717, 1.165) is 0 Å². The average Bonchev–Trinajstić information content (AvgIpc) is 2.83. The van der Waals surface area contributed by atoms with Crippen molar-refractivity contribution in [3.05, 3.63) is 23.7 Å². The summed E-state index contributed by atoms with van der Waals surface area (Å²) in [5.74, 6) is 2.46. The van der Waals surface area contributed by atoms with E-state index in [1.165, 1.54) is 6.08 Å². The zero-order valence-corrected chi connectivity index (χ0v) is 12.2. The Morgan fingerprint density at radius 2 is 2.05 bits per heavy atom. The van der Waals surface area contributed by atoms with Gasteiger partial charge < -0.3 is 9.31 Å². The largest absolute Gasteiger partial charge is 0.525 e. The minimum atomic E-state index is -0.990. The number of aromatic nitrogens is 2. The molecule has 0 N–H and O–H groups in total. The van der Waals surface area contributed by atoms with Crippen LogP contribution in [0.2, 0.25) is 0 Å². The summed E-state index contributed by atoms with van der Waals surface area (Å²) in [6.07, 6.45) is 9.75. The summed E-state index contributed by atoms with van der Waals surface area (Å²) in [4.78, 5) is 0. The molecule has 4 nitrogen and oxygen atoms in total. The van der Waals surface area contributed by atoms with Gasteiger partial charge in [-0.1, -0.05) is 5.92 Å².